The summed E-state index contributed by atoms with van der Waals surface area (Å²) in [6, 6.07) is 3.65. The van der Waals surface area contributed by atoms with Crippen LogP contribution in [0.1, 0.15) is 23.5 Å². The smallest absolute Gasteiger partial charge is 0.122 e. The number of aromatic hydroxyl groups is 1. The van der Waals surface area contributed by atoms with Gasteiger partial charge in [0.05, 0.1) is 0 Å². The molecule has 0 saturated carbocycles. The van der Waals surface area contributed by atoms with E-state index in [4.69, 9.17) is 5.73 Å². The third-order valence-corrected chi connectivity index (χ3v) is 2.73. The van der Waals surface area contributed by atoms with Crippen LogP contribution in [0.3, 0.4) is 0 Å². The van der Waals surface area contributed by atoms with Crippen molar-refractivity contribution in [2.24, 2.45) is 0 Å². The van der Waals surface area contributed by atoms with Gasteiger partial charge in [-0.25, -0.2) is 0 Å². The van der Waals surface area contributed by atoms with Crippen molar-refractivity contribution in [1.82, 2.24) is 0 Å². The molecule has 3 N–H and O–H groups in total. The first-order valence-corrected chi connectivity index (χ1v) is 5.11. The first-order chi connectivity index (χ1) is 7.18. The Balaban J connectivity index is 2.43. The van der Waals surface area contributed by atoms with Gasteiger partial charge in [0.25, 0.3) is 0 Å². The molecule has 0 aromatic heterocycles. The van der Waals surface area contributed by atoms with Crippen LogP contribution >= 0.6 is 0 Å². The highest BCUT2D eigenvalue weighted by atomic mass is 16.3. The van der Waals surface area contributed by atoms with Crippen LogP contribution in [0.2, 0.25) is 0 Å². The Bertz CT molecular complexity index is 432. The lowest BCUT2D eigenvalue weighted by Gasteiger charge is -2.17. The first-order valence-electron chi connectivity index (χ1n) is 5.11. The molecule has 0 fully saturated rings. The molecule has 1 aromatic rings. The Morgan fingerprint density at radius 2 is 2.13 bits per heavy atom. The fraction of sp³-hybridized carbons (Fsp3) is 0.231. The van der Waals surface area contributed by atoms with Gasteiger partial charge in [-0.15, -0.1) is 0 Å². The lowest BCUT2D eigenvalue weighted by atomic mass is 9.90. The molecule has 2 nitrogen and oxygen atoms in total. The molecule has 0 saturated heterocycles. The number of phenols is 1. The normalized spacial score (nSPS) is 19.4. The highest BCUT2D eigenvalue weighted by Crippen LogP contribution is 2.35. The molecular weight excluding hydrogens is 186 g/mol. The van der Waals surface area contributed by atoms with Crippen LogP contribution < -0.4 is 5.73 Å². The molecule has 2 rings (SSSR count). The fourth-order valence-electron chi connectivity index (χ4n) is 1.93. The zero-order chi connectivity index (χ0) is 10.8. The van der Waals surface area contributed by atoms with Gasteiger partial charge in [0, 0.05) is 17.2 Å². The summed E-state index contributed by atoms with van der Waals surface area (Å²) in [5.74, 6) is 0.617. The van der Waals surface area contributed by atoms with Crippen LogP contribution in [0.4, 0.5) is 5.69 Å². The first kappa shape index (κ1) is 9.84. The maximum absolute atomic E-state index is 9.96. The van der Waals surface area contributed by atoms with Crippen LogP contribution in [-0.4, -0.2) is 5.11 Å². The number of nitrogens with two attached hydrogens (primary N) is 1. The molecule has 0 amide bonds. The Morgan fingerprint density at radius 1 is 1.33 bits per heavy atom. The van der Waals surface area contributed by atoms with Crippen LogP contribution in [0.5, 0.6) is 5.75 Å². The number of hydrogen-bond acceptors (Lipinski definition) is 2. The van der Waals surface area contributed by atoms with Crippen LogP contribution in [0.15, 0.2) is 36.4 Å². The lowest BCUT2D eigenvalue weighted by Crippen LogP contribution is -1.99. The molecule has 1 aromatic carbocycles. The van der Waals surface area contributed by atoms with Crippen molar-refractivity contribution in [3.8, 4) is 5.75 Å². The van der Waals surface area contributed by atoms with E-state index < -0.39 is 0 Å². The molecule has 0 aliphatic heterocycles. The molecule has 0 bridgehead atoms. The summed E-state index contributed by atoms with van der Waals surface area (Å²) in [7, 11) is 0. The summed E-state index contributed by atoms with van der Waals surface area (Å²) in [6.45, 7) is 1.87. The molecule has 1 aliphatic rings. The number of benzene rings is 1. The van der Waals surface area contributed by atoms with Crippen molar-refractivity contribution in [1.29, 1.82) is 0 Å². The highest BCUT2D eigenvalue weighted by Gasteiger charge is 2.14. The molecule has 15 heavy (non-hydrogen) atoms. The van der Waals surface area contributed by atoms with E-state index in [1.807, 2.05) is 25.1 Å². The predicted octanol–water partition coefficient (Wildman–Crippen LogP) is 2.88. The van der Waals surface area contributed by atoms with E-state index in [9.17, 15) is 5.11 Å². The maximum Gasteiger partial charge on any atom is 0.122 e. The van der Waals surface area contributed by atoms with E-state index in [0.29, 0.717) is 11.4 Å². The maximum atomic E-state index is 9.96. The predicted molar refractivity (Wildman–Crippen MR) is 62.9 cm³/mol. The Morgan fingerprint density at radius 3 is 2.80 bits per heavy atom. The van der Waals surface area contributed by atoms with Gasteiger partial charge >= 0.3 is 0 Å². The van der Waals surface area contributed by atoms with E-state index in [1.165, 1.54) is 0 Å². The zero-order valence-corrected chi connectivity index (χ0v) is 8.77. The second-order valence-electron chi connectivity index (χ2n) is 3.93. The summed E-state index contributed by atoms with van der Waals surface area (Å²) in [5.41, 5.74) is 8.26. The highest BCUT2D eigenvalue weighted by molar-refractivity contribution is 5.54. The number of nitrogen functional groups attached to an aromatic ring is 1. The van der Waals surface area contributed by atoms with Gasteiger partial charge in [0.15, 0.2) is 0 Å². The average molecular weight is 201 g/mol. The Hall–Kier alpha value is -1.70. The van der Waals surface area contributed by atoms with Crippen molar-refractivity contribution < 1.29 is 5.11 Å². The van der Waals surface area contributed by atoms with E-state index in [2.05, 4.69) is 12.2 Å². The number of allylic oxidation sites excluding steroid dienone is 4. The molecular formula is C13H15NO. The van der Waals surface area contributed by atoms with Gasteiger partial charge in [0.2, 0.25) is 0 Å². The number of phenolic OH excluding ortho intramolecular Hbond substituents is 1. The standard InChI is InChI=1S/C13H15NO/c1-9-7-11(14)8-12(13(9)15)10-5-3-2-4-6-10/h2-5,7-8,10,15H,6,14H2,1H3. The third-order valence-electron chi connectivity index (χ3n) is 2.73. The average Bonchev–Trinajstić information content (AvgIpc) is 2.24. The second kappa shape index (κ2) is 3.81. The Kier molecular flexibility index (Phi) is 2.50. The summed E-state index contributed by atoms with van der Waals surface area (Å²) < 4.78 is 0. The Labute approximate surface area is 89.7 Å². The van der Waals surface area contributed by atoms with Gasteiger partial charge in [-0.05, 0) is 31.0 Å². The third kappa shape index (κ3) is 1.89. The van der Waals surface area contributed by atoms with Gasteiger partial charge < -0.3 is 10.8 Å². The molecule has 1 atom stereocenters. The quantitative estimate of drug-likeness (QED) is 0.542. The van der Waals surface area contributed by atoms with E-state index in [0.717, 1.165) is 17.5 Å². The summed E-state index contributed by atoms with van der Waals surface area (Å²) in [6.07, 6.45) is 9.14. The monoisotopic (exact) mass is 201 g/mol. The van der Waals surface area contributed by atoms with Crippen LogP contribution in [0, 0.1) is 6.92 Å². The van der Waals surface area contributed by atoms with E-state index in [1.54, 1.807) is 6.07 Å². The molecule has 1 aliphatic carbocycles. The zero-order valence-electron chi connectivity index (χ0n) is 8.77. The summed E-state index contributed by atoms with van der Waals surface area (Å²) in [4.78, 5) is 0. The largest absolute Gasteiger partial charge is 0.507 e. The van der Waals surface area contributed by atoms with Gasteiger partial charge in [0.1, 0.15) is 5.75 Å². The fourth-order valence-corrected chi connectivity index (χ4v) is 1.93. The minimum atomic E-state index is 0.247. The van der Waals surface area contributed by atoms with Crippen molar-refractivity contribution in [2.75, 3.05) is 5.73 Å². The minimum absolute atomic E-state index is 0.247. The van der Waals surface area contributed by atoms with E-state index in [-0.39, 0.29) is 5.92 Å². The number of rotatable bonds is 1. The van der Waals surface area contributed by atoms with Crippen LogP contribution in [-0.2, 0) is 0 Å². The number of hydrogen-bond donors (Lipinski definition) is 2. The molecule has 2 heteroatoms. The van der Waals surface area contributed by atoms with Crippen LogP contribution in [0.25, 0.3) is 0 Å². The molecule has 0 spiro atoms. The lowest BCUT2D eigenvalue weighted by molar-refractivity contribution is 0.461. The summed E-state index contributed by atoms with van der Waals surface area (Å²) >= 11 is 0. The van der Waals surface area contributed by atoms with E-state index >= 15 is 0 Å². The molecule has 0 heterocycles. The van der Waals surface area contributed by atoms with Gasteiger partial charge in [-0.2, -0.15) is 0 Å². The number of aryl methyl sites for hydroxylation is 1. The van der Waals surface area contributed by atoms with Gasteiger partial charge in [-0.3, -0.25) is 0 Å². The summed E-state index contributed by atoms with van der Waals surface area (Å²) in [5, 5.41) is 9.96. The van der Waals surface area contributed by atoms with Gasteiger partial charge in [-0.1, -0.05) is 24.3 Å². The number of anilines is 1. The van der Waals surface area contributed by atoms with Crippen molar-refractivity contribution >= 4 is 5.69 Å². The minimum Gasteiger partial charge on any atom is -0.507 e. The second-order valence-corrected chi connectivity index (χ2v) is 3.93. The SMILES string of the molecule is Cc1cc(N)cc(C2C=CC=CC2)c1O. The molecule has 0 radical (unpaired) electrons. The molecule has 78 valence electrons. The van der Waals surface area contributed by atoms with Crippen molar-refractivity contribution in [3.05, 3.63) is 47.6 Å². The van der Waals surface area contributed by atoms with Crippen molar-refractivity contribution in [2.45, 2.75) is 19.3 Å². The molecule has 1 unspecified atom stereocenters. The van der Waals surface area contributed by atoms with Crippen molar-refractivity contribution in [3.63, 3.8) is 0 Å². The topological polar surface area (TPSA) is 46.2 Å².